The Kier molecular flexibility index (Phi) is 6.38. The molecule has 1 aromatic heterocycles. The van der Waals surface area contributed by atoms with Crippen molar-refractivity contribution in [3.8, 4) is 11.5 Å². The van der Waals surface area contributed by atoms with Crippen LogP contribution in [0.2, 0.25) is 0 Å². The number of esters is 1. The Bertz CT molecular complexity index is 968. The highest BCUT2D eigenvalue weighted by Crippen LogP contribution is 2.32. The van der Waals surface area contributed by atoms with Gasteiger partial charge in [-0.05, 0) is 63.2 Å². The zero-order valence-corrected chi connectivity index (χ0v) is 17.7. The molecule has 2 heterocycles. The van der Waals surface area contributed by atoms with Crippen LogP contribution in [0.25, 0.3) is 0 Å². The van der Waals surface area contributed by atoms with Crippen LogP contribution >= 0.6 is 12.2 Å². The smallest absolute Gasteiger partial charge is 0.340 e. The summed E-state index contributed by atoms with van der Waals surface area (Å²) < 4.78 is 15.8. The molecular formula is C20H24N4O4S. The average Bonchev–Trinajstić information content (AvgIpc) is 3.28. The number of rotatable bonds is 6. The van der Waals surface area contributed by atoms with E-state index in [0.717, 1.165) is 34.0 Å². The molecule has 0 radical (unpaired) electrons. The van der Waals surface area contributed by atoms with Gasteiger partial charge in [-0.2, -0.15) is 5.10 Å². The Morgan fingerprint density at radius 2 is 2.07 bits per heavy atom. The van der Waals surface area contributed by atoms with Crippen LogP contribution in [0.5, 0.6) is 11.5 Å². The molecule has 1 aliphatic heterocycles. The fraction of sp³-hybridized carbons (Fsp3) is 0.350. The number of aromatic amines is 1. The zero-order valence-electron chi connectivity index (χ0n) is 16.8. The number of benzene rings is 1. The Balaban J connectivity index is 1.60. The lowest BCUT2D eigenvalue weighted by Gasteiger charge is -2.09. The van der Waals surface area contributed by atoms with Crippen molar-refractivity contribution in [2.24, 2.45) is 5.10 Å². The summed E-state index contributed by atoms with van der Waals surface area (Å²) in [6.07, 6.45) is 0. The summed E-state index contributed by atoms with van der Waals surface area (Å²) in [6.45, 7) is 8.41. The summed E-state index contributed by atoms with van der Waals surface area (Å²) >= 11 is 5.29. The Hall–Kier alpha value is -3.07. The van der Waals surface area contributed by atoms with Gasteiger partial charge in [0, 0.05) is 12.2 Å². The molecule has 154 valence electrons. The molecule has 0 saturated carbocycles. The number of nitrogens with zero attached hydrogens (tertiary/aromatic N) is 1. The van der Waals surface area contributed by atoms with E-state index in [-0.39, 0.29) is 12.8 Å². The van der Waals surface area contributed by atoms with E-state index < -0.39 is 0 Å². The average molecular weight is 417 g/mol. The number of carbonyl (C=O) groups excluding carboxylic acids is 1. The van der Waals surface area contributed by atoms with E-state index >= 15 is 0 Å². The van der Waals surface area contributed by atoms with Gasteiger partial charge in [0.05, 0.1) is 23.6 Å². The SMILES string of the molecule is CCOC(=O)c1c(C)[nH]c(/C(C)=N/NC(=S)NCc2ccc3c(c2)OCO3)c1C. The minimum atomic E-state index is -0.341. The molecule has 3 rings (SSSR count). The zero-order chi connectivity index (χ0) is 21.0. The van der Waals surface area contributed by atoms with Crippen molar-refractivity contribution in [2.75, 3.05) is 13.4 Å². The van der Waals surface area contributed by atoms with Gasteiger partial charge in [0.1, 0.15) is 0 Å². The largest absolute Gasteiger partial charge is 0.462 e. The monoisotopic (exact) mass is 416 g/mol. The number of hydrazone groups is 1. The maximum absolute atomic E-state index is 12.1. The predicted octanol–water partition coefficient (Wildman–Crippen LogP) is 2.93. The number of aromatic nitrogens is 1. The summed E-state index contributed by atoms with van der Waals surface area (Å²) in [5, 5.41) is 7.80. The molecule has 0 amide bonds. The number of ether oxygens (including phenoxy) is 3. The minimum Gasteiger partial charge on any atom is -0.462 e. The second-order valence-corrected chi connectivity index (χ2v) is 6.93. The van der Waals surface area contributed by atoms with Crippen molar-refractivity contribution in [3.63, 3.8) is 0 Å². The van der Waals surface area contributed by atoms with Gasteiger partial charge in [-0.25, -0.2) is 4.79 Å². The molecule has 29 heavy (non-hydrogen) atoms. The summed E-state index contributed by atoms with van der Waals surface area (Å²) in [6, 6.07) is 5.73. The maximum atomic E-state index is 12.1. The number of H-pyrrole nitrogens is 1. The number of thiocarbonyl (C=S) groups is 1. The van der Waals surface area contributed by atoms with Gasteiger partial charge in [-0.3, -0.25) is 5.43 Å². The van der Waals surface area contributed by atoms with Gasteiger partial charge >= 0.3 is 5.97 Å². The number of nitrogens with one attached hydrogen (secondary N) is 3. The summed E-state index contributed by atoms with van der Waals surface area (Å²) in [4.78, 5) is 15.3. The van der Waals surface area contributed by atoms with Crippen molar-refractivity contribution in [1.82, 2.24) is 15.7 Å². The number of hydrogen-bond donors (Lipinski definition) is 3. The van der Waals surface area contributed by atoms with Crippen LogP contribution in [-0.4, -0.2) is 35.2 Å². The fourth-order valence-electron chi connectivity index (χ4n) is 3.08. The van der Waals surface area contributed by atoms with Crippen LogP contribution in [0.15, 0.2) is 23.3 Å². The van der Waals surface area contributed by atoms with Gasteiger partial charge in [-0.15, -0.1) is 0 Å². The molecule has 1 aliphatic rings. The highest BCUT2D eigenvalue weighted by atomic mass is 32.1. The summed E-state index contributed by atoms with van der Waals surface area (Å²) in [7, 11) is 0. The third-order valence-electron chi connectivity index (χ3n) is 4.49. The first-order chi connectivity index (χ1) is 13.9. The molecule has 2 aromatic rings. The molecule has 0 aliphatic carbocycles. The lowest BCUT2D eigenvalue weighted by Crippen LogP contribution is -2.32. The number of carbonyl (C=O) groups is 1. The molecule has 0 spiro atoms. The van der Waals surface area contributed by atoms with Gasteiger partial charge in [0.15, 0.2) is 16.6 Å². The van der Waals surface area contributed by atoms with E-state index in [4.69, 9.17) is 26.4 Å². The Labute approximate surface area is 174 Å². The molecule has 0 fully saturated rings. The van der Waals surface area contributed by atoms with E-state index in [0.29, 0.717) is 29.5 Å². The van der Waals surface area contributed by atoms with E-state index in [1.165, 1.54) is 0 Å². The van der Waals surface area contributed by atoms with Crippen molar-refractivity contribution >= 4 is 29.0 Å². The molecule has 3 N–H and O–H groups in total. The molecule has 9 heteroatoms. The van der Waals surface area contributed by atoms with Crippen LogP contribution in [-0.2, 0) is 11.3 Å². The highest BCUT2D eigenvalue weighted by Gasteiger charge is 2.20. The Morgan fingerprint density at radius 3 is 2.83 bits per heavy atom. The predicted molar refractivity (Wildman–Crippen MR) is 114 cm³/mol. The molecule has 0 bridgehead atoms. The molecule has 1 aromatic carbocycles. The Morgan fingerprint density at radius 1 is 1.31 bits per heavy atom. The molecule has 0 saturated heterocycles. The van der Waals surface area contributed by atoms with Gasteiger partial charge in [0.25, 0.3) is 0 Å². The third kappa shape index (κ3) is 4.68. The highest BCUT2D eigenvalue weighted by molar-refractivity contribution is 7.80. The standard InChI is InChI=1S/C20H24N4O4S/c1-5-26-19(25)17-11(2)18(22-12(17)3)13(4)23-24-20(29)21-9-14-6-7-15-16(8-14)28-10-27-15/h6-8,22H,5,9-10H2,1-4H3,(H2,21,24,29)/b23-13+. The van der Waals surface area contributed by atoms with E-state index in [1.807, 2.05) is 39.0 Å². The van der Waals surface area contributed by atoms with Crippen molar-refractivity contribution in [1.29, 1.82) is 0 Å². The molecule has 8 nitrogen and oxygen atoms in total. The number of aryl methyl sites for hydroxylation is 1. The first kappa shape index (κ1) is 20.7. The minimum absolute atomic E-state index is 0.246. The first-order valence-electron chi connectivity index (χ1n) is 9.24. The van der Waals surface area contributed by atoms with E-state index in [2.05, 4.69) is 20.8 Å². The summed E-state index contributed by atoms with van der Waals surface area (Å²) in [5.74, 6) is 1.13. The second kappa shape index (κ2) is 8.95. The van der Waals surface area contributed by atoms with Gasteiger partial charge in [0.2, 0.25) is 6.79 Å². The van der Waals surface area contributed by atoms with Crippen molar-refractivity contribution < 1.29 is 19.0 Å². The molecule has 0 unspecified atom stereocenters. The topological polar surface area (TPSA) is 97.0 Å². The normalized spacial score (nSPS) is 12.6. The molecular weight excluding hydrogens is 392 g/mol. The van der Waals surface area contributed by atoms with Crippen LogP contribution < -0.4 is 20.2 Å². The van der Waals surface area contributed by atoms with E-state index in [1.54, 1.807) is 6.92 Å². The van der Waals surface area contributed by atoms with Crippen LogP contribution in [0.3, 0.4) is 0 Å². The van der Waals surface area contributed by atoms with Crippen molar-refractivity contribution in [3.05, 3.63) is 46.3 Å². The molecule has 0 atom stereocenters. The van der Waals surface area contributed by atoms with Crippen LogP contribution in [0, 0.1) is 13.8 Å². The second-order valence-electron chi connectivity index (χ2n) is 6.52. The third-order valence-corrected chi connectivity index (χ3v) is 4.73. The lowest BCUT2D eigenvalue weighted by atomic mass is 10.1. The fourth-order valence-corrected chi connectivity index (χ4v) is 3.20. The van der Waals surface area contributed by atoms with E-state index in [9.17, 15) is 4.79 Å². The number of hydrogen-bond acceptors (Lipinski definition) is 6. The van der Waals surface area contributed by atoms with Crippen LogP contribution in [0.4, 0.5) is 0 Å². The van der Waals surface area contributed by atoms with Crippen LogP contribution in [0.1, 0.15) is 46.7 Å². The summed E-state index contributed by atoms with van der Waals surface area (Å²) in [5.41, 5.74) is 7.35. The van der Waals surface area contributed by atoms with Crippen molar-refractivity contribution in [2.45, 2.75) is 34.2 Å². The lowest BCUT2D eigenvalue weighted by molar-refractivity contribution is 0.0525. The van der Waals surface area contributed by atoms with Gasteiger partial charge in [-0.1, -0.05) is 6.07 Å². The van der Waals surface area contributed by atoms with Gasteiger partial charge < -0.3 is 24.5 Å². The first-order valence-corrected chi connectivity index (χ1v) is 9.64. The quantitative estimate of drug-likeness (QED) is 0.288. The maximum Gasteiger partial charge on any atom is 0.340 e. The number of fused-ring (bicyclic) bond motifs is 1.